The molecule has 2 rings (SSSR count). The molecule has 1 N–H and O–H groups in total. The van der Waals surface area contributed by atoms with Crippen molar-refractivity contribution in [3.05, 3.63) is 0 Å². The lowest BCUT2D eigenvalue weighted by molar-refractivity contribution is -0.0336. The zero-order valence-electron chi connectivity index (χ0n) is 11.6. The van der Waals surface area contributed by atoms with Gasteiger partial charge in [-0.15, -0.1) is 0 Å². The Hall–Kier alpha value is -0.630. The fraction of sp³-hybridized carbons (Fsp3) is 0.929. The van der Waals surface area contributed by atoms with Gasteiger partial charge in [0.15, 0.2) is 0 Å². The number of ether oxygens (including phenoxy) is 1. The summed E-state index contributed by atoms with van der Waals surface area (Å²) < 4.78 is 5.59. The number of nitriles is 1. The molecule has 3 atom stereocenters. The smallest absolute Gasteiger partial charge is 0.108 e. The van der Waals surface area contributed by atoms with Crippen molar-refractivity contribution >= 4 is 0 Å². The quantitative estimate of drug-likeness (QED) is 0.823. The summed E-state index contributed by atoms with van der Waals surface area (Å²) in [4.78, 5) is 2.51. The van der Waals surface area contributed by atoms with Gasteiger partial charge in [0, 0.05) is 19.1 Å². The van der Waals surface area contributed by atoms with Crippen LogP contribution in [0, 0.1) is 11.3 Å². The molecule has 1 aliphatic carbocycles. The molecule has 0 aromatic rings. The Morgan fingerprint density at radius 1 is 1.56 bits per heavy atom. The van der Waals surface area contributed by atoms with E-state index < -0.39 is 0 Å². The summed E-state index contributed by atoms with van der Waals surface area (Å²) in [5, 5.41) is 12.9. The lowest BCUT2D eigenvalue weighted by Crippen LogP contribution is -2.48. The highest BCUT2D eigenvalue weighted by Crippen LogP contribution is 2.33. The van der Waals surface area contributed by atoms with Crippen molar-refractivity contribution in [2.45, 2.75) is 57.2 Å². The molecule has 4 heteroatoms. The predicted octanol–water partition coefficient (Wildman–Crippen LogP) is 1.52. The first kappa shape index (κ1) is 13.8. The van der Waals surface area contributed by atoms with Gasteiger partial charge in [-0.2, -0.15) is 5.26 Å². The lowest BCUT2D eigenvalue weighted by atomic mass is 9.99. The summed E-state index contributed by atoms with van der Waals surface area (Å²) in [5.41, 5.74) is -0.276. The van der Waals surface area contributed by atoms with Crippen LogP contribution in [0.1, 0.15) is 39.5 Å². The van der Waals surface area contributed by atoms with E-state index in [1.54, 1.807) is 0 Å². The van der Waals surface area contributed by atoms with E-state index in [9.17, 15) is 5.26 Å². The van der Waals surface area contributed by atoms with Crippen molar-refractivity contribution in [1.29, 1.82) is 5.26 Å². The normalized spacial score (nSPS) is 37.6. The fourth-order valence-corrected chi connectivity index (χ4v) is 3.17. The SMILES string of the molecule is CCCNC1(C#N)CCC(N2CCOC(C)C2)C1. The maximum Gasteiger partial charge on any atom is 0.108 e. The van der Waals surface area contributed by atoms with E-state index in [0.717, 1.165) is 51.9 Å². The standard InChI is InChI=1S/C14H25N3O/c1-3-6-16-14(11-15)5-4-13(9-14)17-7-8-18-12(2)10-17/h12-13,16H,3-10H2,1-2H3. The predicted molar refractivity (Wildman–Crippen MR) is 71.3 cm³/mol. The molecule has 18 heavy (non-hydrogen) atoms. The maximum absolute atomic E-state index is 9.46. The first-order valence-electron chi connectivity index (χ1n) is 7.21. The molecule has 0 aromatic carbocycles. The minimum absolute atomic E-state index is 0.276. The van der Waals surface area contributed by atoms with Crippen LogP contribution in [0.25, 0.3) is 0 Å². The number of nitrogens with one attached hydrogen (secondary N) is 1. The zero-order chi connectivity index (χ0) is 13.0. The van der Waals surface area contributed by atoms with E-state index in [2.05, 4.69) is 30.1 Å². The highest BCUT2D eigenvalue weighted by Gasteiger charge is 2.41. The highest BCUT2D eigenvalue weighted by molar-refractivity contribution is 5.13. The van der Waals surface area contributed by atoms with E-state index in [4.69, 9.17) is 4.74 Å². The van der Waals surface area contributed by atoms with Crippen LogP contribution in [-0.4, -0.2) is 48.8 Å². The molecule has 2 fully saturated rings. The Labute approximate surface area is 110 Å². The summed E-state index contributed by atoms with van der Waals surface area (Å²) in [6.07, 6.45) is 4.51. The van der Waals surface area contributed by atoms with Crippen molar-refractivity contribution in [1.82, 2.24) is 10.2 Å². The summed E-state index contributed by atoms with van der Waals surface area (Å²) in [6.45, 7) is 8.09. The van der Waals surface area contributed by atoms with Crippen molar-refractivity contribution in [2.24, 2.45) is 0 Å². The van der Waals surface area contributed by atoms with Crippen LogP contribution in [0.15, 0.2) is 0 Å². The number of rotatable bonds is 4. The third kappa shape index (κ3) is 3.03. The van der Waals surface area contributed by atoms with Gasteiger partial charge >= 0.3 is 0 Å². The van der Waals surface area contributed by atoms with Crippen molar-refractivity contribution < 1.29 is 4.74 Å². The van der Waals surface area contributed by atoms with Crippen molar-refractivity contribution in [2.75, 3.05) is 26.2 Å². The minimum Gasteiger partial charge on any atom is -0.376 e. The van der Waals surface area contributed by atoms with Crippen molar-refractivity contribution in [3.63, 3.8) is 0 Å². The Bertz CT molecular complexity index is 315. The number of nitrogens with zero attached hydrogens (tertiary/aromatic N) is 2. The van der Waals surface area contributed by atoms with Crippen LogP contribution < -0.4 is 5.32 Å². The molecule has 0 radical (unpaired) electrons. The van der Waals surface area contributed by atoms with Gasteiger partial charge in [-0.3, -0.25) is 10.2 Å². The van der Waals surface area contributed by atoms with Gasteiger partial charge in [0.05, 0.1) is 18.8 Å². The molecule has 0 amide bonds. The van der Waals surface area contributed by atoms with Gasteiger partial charge in [-0.25, -0.2) is 0 Å². The first-order chi connectivity index (χ1) is 8.69. The highest BCUT2D eigenvalue weighted by atomic mass is 16.5. The molecule has 1 saturated heterocycles. The Morgan fingerprint density at radius 3 is 3.06 bits per heavy atom. The van der Waals surface area contributed by atoms with Crippen LogP contribution >= 0.6 is 0 Å². The summed E-state index contributed by atoms with van der Waals surface area (Å²) in [5.74, 6) is 0. The Balaban J connectivity index is 1.92. The molecule has 0 spiro atoms. The van der Waals surface area contributed by atoms with Crippen LogP contribution in [0.5, 0.6) is 0 Å². The average molecular weight is 251 g/mol. The van der Waals surface area contributed by atoms with Crippen LogP contribution in [-0.2, 0) is 4.74 Å². The van der Waals surface area contributed by atoms with Crippen LogP contribution in [0.4, 0.5) is 0 Å². The van der Waals surface area contributed by atoms with Crippen LogP contribution in [0.2, 0.25) is 0 Å². The third-order valence-corrected chi connectivity index (χ3v) is 4.20. The molecule has 0 aromatic heterocycles. The first-order valence-corrected chi connectivity index (χ1v) is 7.21. The molecule has 4 nitrogen and oxygen atoms in total. The summed E-state index contributed by atoms with van der Waals surface area (Å²) in [6, 6.07) is 3.08. The maximum atomic E-state index is 9.46. The second-order valence-electron chi connectivity index (χ2n) is 5.69. The van der Waals surface area contributed by atoms with E-state index >= 15 is 0 Å². The molecule has 1 aliphatic heterocycles. The zero-order valence-corrected chi connectivity index (χ0v) is 11.6. The van der Waals surface area contributed by atoms with E-state index in [1.165, 1.54) is 0 Å². The van der Waals surface area contributed by atoms with Gasteiger partial charge in [0.25, 0.3) is 0 Å². The average Bonchev–Trinajstić information content (AvgIpc) is 2.82. The van der Waals surface area contributed by atoms with Gasteiger partial charge in [-0.05, 0) is 39.2 Å². The molecule has 1 saturated carbocycles. The van der Waals surface area contributed by atoms with Crippen molar-refractivity contribution in [3.8, 4) is 6.07 Å². The monoisotopic (exact) mass is 251 g/mol. The fourth-order valence-electron chi connectivity index (χ4n) is 3.17. The van der Waals surface area contributed by atoms with Gasteiger partial charge in [0.2, 0.25) is 0 Å². The van der Waals surface area contributed by atoms with E-state index in [1.807, 2.05) is 0 Å². The molecule has 1 heterocycles. The van der Waals surface area contributed by atoms with Crippen LogP contribution in [0.3, 0.4) is 0 Å². The number of hydrogen-bond acceptors (Lipinski definition) is 4. The molecule has 102 valence electrons. The third-order valence-electron chi connectivity index (χ3n) is 4.20. The topological polar surface area (TPSA) is 48.3 Å². The molecule has 2 aliphatic rings. The number of morpholine rings is 1. The summed E-state index contributed by atoms with van der Waals surface area (Å²) >= 11 is 0. The van der Waals surface area contributed by atoms with E-state index in [-0.39, 0.29) is 5.54 Å². The molecule has 3 unspecified atom stereocenters. The minimum atomic E-state index is -0.276. The van der Waals surface area contributed by atoms with Gasteiger partial charge < -0.3 is 4.74 Å². The van der Waals surface area contributed by atoms with E-state index in [0.29, 0.717) is 12.1 Å². The number of hydrogen-bond donors (Lipinski definition) is 1. The molecular formula is C14H25N3O. The largest absolute Gasteiger partial charge is 0.376 e. The second-order valence-corrected chi connectivity index (χ2v) is 5.69. The lowest BCUT2D eigenvalue weighted by Gasteiger charge is -2.36. The Morgan fingerprint density at radius 2 is 2.39 bits per heavy atom. The second kappa shape index (κ2) is 6.01. The summed E-state index contributed by atoms with van der Waals surface area (Å²) in [7, 11) is 0. The Kier molecular flexibility index (Phi) is 4.60. The molecule has 0 bridgehead atoms. The van der Waals surface area contributed by atoms with Gasteiger partial charge in [-0.1, -0.05) is 6.92 Å². The van der Waals surface area contributed by atoms with Gasteiger partial charge in [0.1, 0.15) is 5.54 Å². The molecular weight excluding hydrogens is 226 g/mol.